The average molecular weight is 512 g/mol. The van der Waals surface area contributed by atoms with Crippen LogP contribution in [0, 0.1) is 5.92 Å². The SMILES string of the molecule is CCNC(=NCC1CCS(=O)(=O)C1)N1CCN(C(C)C(F)(F)F)CC1.I. The molecule has 0 saturated carbocycles. The first kappa shape index (κ1) is 23.7. The maximum atomic E-state index is 12.8. The Bertz CT molecular complexity index is 578. The Morgan fingerprint density at radius 2 is 1.88 bits per heavy atom. The number of hydrogen-bond acceptors (Lipinski definition) is 4. The molecule has 2 fully saturated rings. The Hall–Kier alpha value is -0.300. The van der Waals surface area contributed by atoms with E-state index in [1.165, 1.54) is 11.8 Å². The van der Waals surface area contributed by atoms with Gasteiger partial charge in [-0.1, -0.05) is 0 Å². The van der Waals surface area contributed by atoms with Crippen LogP contribution >= 0.6 is 24.0 Å². The van der Waals surface area contributed by atoms with Crippen molar-refractivity contribution in [1.29, 1.82) is 0 Å². The number of halogens is 4. The standard InChI is InChI=1S/C15H27F3N4O2S.HI/c1-3-19-14(20-10-13-4-9-25(23,24)11-13)22-7-5-21(6-8-22)12(2)15(16,17)18;/h12-13H,3-11H2,1-2H3,(H,19,20);1H. The molecular weight excluding hydrogens is 484 g/mol. The fraction of sp³-hybridized carbons (Fsp3) is 0.933. The summed E-state index contributed by atoms with van der Waals surface area (Å²) >= 11 is 0. The van der Waals surface area contributed by atoms with E-state index in [0.29, 0.717) is 51.6 Å². The normalized spacial score (nSPS) is 25.7. The van der Waals surface area contributed by atoms with Gasteiger partial charge in [-0.15, -0.1) is 24.0 Å². The van der Waals surface area contributed by atoms with E-state index in [2.05, 4.69) is 10.3 Å². The molecule has 11 heteroatoms. The summed E-state index contributed by atoms with van der Waals surface area (Å²) < 4.78 is 61.5. The molecule has 0 bridgehead atoms. The van der Waals surface area contributed by atoms with Crippen molar-refractivity contribution < 1.29 is 21.6 Å². The number of hydrogen-bond donors (Lipinski definition) is 1. The van der Waals surface area contributed by atoms with Crippen molar-refractivity contribution in [2.24, 2.45) is 10.9 Å². The molecule has 2 unspecified atom stereocenters. The first-order chi connectivity index (χ1) is 11.6. The second kappa shape index (κ2) is 9.76. The molecule has 1 N–H and O–H groups in total. The Kier molecular flexibility index (Phi) is 8.91. The Labute approximate surface area is 170 Å². The number of rotatable bonds is 4. The van der Waals surface area contributed by atoms with Crippen LogP contribution in [0.3, 0.4) is 0 Å². The molecule has 2 aliphatic rings. The highest BCUT2D eigenvalue weighted by atomic mass is 127. The van der Waals surface area contributed by atoms with E-state index < -0.39 is 22.1 Å². The van der Waals surface area contributed by atoms with Crippen molar-refractivity contribution in [2.45, 2.75) is 32.5 Å². The maximum absolute atomic E-state index is 12.8. The van der Waals surface area contributed by atoms with Crippen molar-refractivity contribution >= 4 is 39.8 Å². The second-order valence-corrected chi connectivity index (χ2v) is 8.93. The maximum Gasteiger partial charge on any atom is 0.403 e. The second-order valence-electron chi connectivity index (χ2n) is 6.70. The molecule has 0 aromatic rings. The molecule has 0 aromatic heterocycles. The van der Waals surface area contributed by atoms with Crippen LogP contribution < -0.4 is 5.32 Å². The number of piperazine rings is 1. The van der Waals surface area contributed by atoms with Gasteiger partial charge in [-0.2, -0.15) is 13.2 Å². The molecule has 2 atom stereocenters. The number of guanidine groups is 1. The third kappa shape index (κ3) is 6.70. The number of nitrogens with zero attached hydrogens (tertiary/aromatic N) is 3. The number of nitrogens with one attached hydrogen (secondary N) is 1. The van der Waals surface area contributed by atoms with Crippen molar-refractivity contribution in [1.82, 2.24) is 15.1 Å². The number of aliphatic imine (C=N–C) groups is 1. The molecular formula is C15H28F3IN4O2S. The first-order valence-electron chi connectivity index (χ1n) is 8.67. The summed E-state index contributed by atoms with van der Waals surface area (Å²) in [6.45, 7) is 5.78. The molecule has 2 aliphatic heterocycles. The van der Waals surface area contributed by atoms with Gasteiger partial charge in [0.1, 0.15) is 6.04 Å². The fourth-order valence-electron chi connectivity index (χ4n) is 3.19. The van der Waals surface area contributed by atoms with Crippen molar-refractivity contribution in [2.75, 3.05) is 50.8 Å². The minimum atomic E-state index is -4.21. The largest absolute Gasteiger partial charge is 0.403 e. The summed E-state index contributed by atoms with van der Waals surface area (Å²) in [5, 5.41) is 3.16. The predicted octanol–water partition coefficient (Wildman–Crippen LogP) is 1.57. The summed E-state index contributed by atoms with van der Waals surface area (Å²) in [5.74, 6) is 1.08. The summed E-state index contributed by atoms with van der Waals surface area (Å²) in [7, 11) is -2.93. The van der Waals surface area contributed by atoms with Gasteiger partial charge in [0, 0.05) is 39.3 Å². The fourth-order valence-corrected chi connectivity index (χ4v) is 5.03. The first-order valence-corrected chi connectivity index (χ1v) is 10.5. The van der Waals surface area contributed by atoms with Crippen molar-refractivity contribution in [3.8, 4) is 0 Å². The Morgan fingerprint density at radius 1 is 1.27 bits per heavy atom. The highest BCUT2D eigenvalue weighted by Crippen LogP contribution is 2.25. The molecule has 0 aromatic carbocycles. The van der Waals surface area contributed by atoms with Gasteiger partial charge in [0.15, 0.2) is 15.8 Å². The van der Waals surface area contributed by atoms with E-state index >= 15 is 0 Å². The lowest BCUT2D eigenvalue weighted by Crippen LogP contribution is -2.56. The molecule has 6 nitrogen and oxygen atoms in total. The highest BCUT2D eigenvalue weighted by molar-refractivity contribution is 14.0. The van der Waals surface area contributed by atoms with Crippen LogP contribution in [0.5, 0.6) is 0 Å². The minimum absolute atomic E-state index is 0. The molecule has 2 saturated heterocycles. The third-order valence-electron chi connectivity index (χ3n) is 4.80. The van der Waals surface area contributed by atoms with E-state index in [4.69, 9.17) is 0 Å². The van der Waals surface area contributed by atoms with Crippen molar-refractivity contribution in [3.05, 3.63) is 0 Å². The molecule has 154 valence electrons. The smallest absolute Gasteiger partial charge is 0.357 e. The van der Waals surface area contributed by atoms with E-state index in [1.54, 1.807) is 0 Å². The van der Waals surface area contributed by atoms with Gasteiger partial charge in [-0.3, -0.25) is 9.89 Å². The Morgan fingerprint density at radius 3 is 2.35 bits per heavy atom. The topological polar surface area (TPSA) is 65.0 Å². The third-order valence-corrected chi connectivity index (χ3v) is 6.63. The van der Waals surface area contributed by atoms with E-state index in [0.717, 1.165) is 0 Å². The van der Waals surface area contributed by atoms with Crippen LogP contribution in [0.25, 0.3) is 0 Å². The summed E-state index contributed by atoms with van der Waals surface area (Å²) in [4.78, 5) is 7.91. The highest BCUT2D eigenvalue weighted by Gasteiger charge is 2.41. The van der Waals surface area contributed by atoms with E-state index in [1.807, 2.05) is 11.8 Å². The van der Waals surface area contributed by atoms with Crippen LogP contribution in [0.1, 0.15) is 20.3 Å². The van der Waals surface area contributed by atoms with Crippen LogP contribution in [-0.4, -0.2) is 87.2 Å². The molecule has 0 spiro atoms. The lowest BCUT2D eigenvalue weighted by atomic mass is 10.1. The molecule has 26 heavy (non-hydrogen) atoms. The Balaban J connectivity index is 0.00000338. The number of sulfone groups is 1. The number of alkyl halides is 3. The van der Waals surface area contributed by atoms with Gasteiger partial charge in [-0.25, -0.2) is 8.42 Å². The lowest BCUT2D eigenvalue weighted by molar-refractivity contribution is -0.181. The van der Waals surface area contributed by atoms with E-state index in [-0.39, 0.29) is 41.4 Å². The zero-order chi connectivity index (χ0) is 18.7. The summed E-state index contributed by atoms with van der Waals surface area (Å²) in [5.41, 5.74) is 0. The zero-order valence-electron chi connectivity index (χ0n) is 15.1. The lowest BCUT2D eigenvalue weighted by Gasteiger charge is -2.39. The van der Waals surface area contributed by atoms with Gasteiger partial charge < -0.3 is 10.2 Å². The molecule has 2 heterocycles. The molecule has 0 aliphatic carbocycles. The molecule has 0 amide bonds. The van der Waals surface area contributed by atoms with Crippen LogP contribution in [0.4, 0.5) is 13.2 Å². The van der Waals surface area contributed by atoms with Gasteiger partial charge in [-0.05, 0) is 26.2 Å². The van der Waals surface area contributed by atoms with Crippen LogP contribution in [-0.2, 0) is 9.84 Å². The van der Waals surface area contributed by atoms with Gasteiger partial charge in [0.2, 0.25) is 0 Å². The quantitative estimate of drug-likeness (QED) is 0.352. The minimum Gasteiger partial charge on any atom is -0.357 e. The van der Waals surface area contributed by atoms with Gasteiger partial charge >= 0.3 is 6.18 Å². The zero-order valence-corrected chi connectivity index (χ0v) is 18.3. The van der Waals surface area contributed by atoms with Gasteiger partial charge in [0.25, 0.3) is 0 Å². The van der Waals surface area contributed by atoms with Crippen LogP contribution in [0.2, 0.25) is 0 Å². The predicted molar refractivity (Wildman–Crippen MR) is 107 cm³/mol. The monoisotopic (exact) mass is 512 g/mol. The average Bonchev–Trinajstić information content (AvgIpc) is 2.89. The molecule has 2 rings (SSSR count). The van der Waals surface area contributed by atoms with Crippen molar-refractivity contribution in [3.63, 3.8) is 0 Å². The summed E-state index contributed by atoms with van der Waals surface area (Å²) in [6.07, 6.45) is -3.59. The van der Waals surface area contributed by atoms with Gasteiger partial charge in [0.05, 0.1) is 11.5 Å². The summed E-state index contributed by atoms with van der Waals surface area (Å²) in [6, 6.07) is -1.45. The van der Waals surface area contributed by atoms with Crippen LogP contribution in [0.15, 0.2) is 4.99 Å². The van der Waals surface area contributed by atoms with E-state index in [9.17, 15) is 21.6 Å². The molecule has 0 radical (unpaired) electrons.